The molecule has 7 nitrogen and oxygen atoms in total. The Kier molecular flexibility index (Phi) is 9.18. The third-order valence-electron chi connectivity index (χ3n) is 9.68. The van der Waals surface area contributed by atoms with E-state index in [0.29, 0.717) is 23.9 Å². The largest absolute Gasteiger partial charge is 0.618 e. The van der Waals surface area contributed by atoms with Crippen molar-refractivity contribution in [1.29, 1.82) is 0 Å². The average molecular weight is 522 g/mol. The zero-order chi connectivity index (χ0) is 26.5. The lowest BCUT2D eigenvalue weighted by Gasteiger charge is -2.34. The van der Waals surface area contributed by atoms with E-state index in [9.17, 15) is 10.4 Å². The van der Waals surface area contributed by atoms with Crippen LogP contribution >= 0.6 is 0 Å². The van der Waals surface area contributed by atoms with Gasteiger partial charge in [-0.15, -0.1) is 0 Å². The van der Waals surface area contributed by atoms with Gasteiger partial charge in [0.25, 0.3) is 0 Å². The van der Waals surface area contributed by atoms with Crippen LogP contribution < -0.4 is 15.2 Å². The van der Waals surface area contributed by atoms with Crippen LogP contribution in [0.3, 0.4) is 0 Å². The predicted molar refractivity (Wildman–Crippen MR) is 150 cm³/mol. The second kappa shape index (κ2) is 12.8. The summed E-state index contributed by atoms with van der Waals surface area (Å²) in [5.41, 5.74) is 7.90. The highest BCUT2D eigenvalue weighted by Gasteiger charge is 2.33. The summed E-state index contributed by atoms with van der Waals surface area (Å²) in [4.78, 5) is 5.23. The first-order valence-electron chi connectivity index (χ1n) is 15.1. The number of hydrogen-bond acceptors (Lipinski definition) is 5. The van der Waals surface area contributed by atoms with Gasteiger partial charge in [-0.3, -0.25) is 4.90 Å². The van der Waals surface area contributed by atoms with E-state index in [1.807, 2.05) is 30.3 Å². The monoisotopic (exact) mass is 521 g/mol. The van der Waals surface area contributed by atoms with Crippen molar-refractivity contribution in [3.63, 3.8) is 0 Å². The fraction of sp³-hybridized carbons (Fsp3) is 0.677. The molecular formula is C31H47N5O2. The van der Waals surface area contributed by atoms with Gasteiger partial charge < -0.3 is 21.0 Å². The van der Waals surface area contributed by atoms with Crippen LogP contribution in [0, 0.1) is 16.3 Å². The first-order valence-corrected chi connectivity index (χ1v) is 15.1. The van der Waals surface area contributed by atoms with Crippen molar-refractivity contribution in [3.05, 3.63) is 70.6 Å². The van der Waals surface area contributed by atoms with Crippen LogP contribution in [0.15, 0.2) is 48.8 Å². The molecule has 4 fully saturated rings. The van der Waals surface area contributed by atoms with Crippen LogP contribution in [0.1, 0.15) is 94.4 Å². The van der Waals surface area contributed by atoms with Gasteiger partial charge in [-0.1, -0.05) is 19.1 Å². The van der Waals surface area contributed by atoms with Crippen molar-refractivity contribution in [2.45, 2.75) is 101 Å². The SMILES string of the molecule is CC1CCN(C2CCC(c3cccc[n+]3[O-])CC2)C1.NC1CCN(C2CCC(c3cccc[n+]3[O-])CC2)C1. The van der Waals surface area contributed by atoms with E-state index in [1.54, 1.807) is 18.5 Å². The maximum atomic E-state index is 11.8. The molecule has 4 heterocycles. The zero-order valence-electron chi connectivity index (χ0n) is 23.2. The van der Waals surface area contributed by atoms with Crippen LogP contribution in [0.5, 0.6) is 0 Å². The van der Waals surface area contributed by atoms with Gasteiger partial charge in [0.15, 0.2) is 23.8 Å². The molecule has 2 N–H and O–H groups in total. The molecule has 2 aliphatic heterocycles. The minimum Gasteiger partial charge on any atom is -0.618 e. The third-order valence-corrected chi connectivity index (χ3v) is 9.68. The molecule has 2 unspecified atom stereocenters. The van der Waals surface area contributed by atoms with E-state index < -0.39 is 0 Å². The van der Waals surface area contributed by atoms with Crippen molar-refractivity contribution in [3.8, 4) is 0 Å². The van der Waals surface area contributed by atoms with Gasteiger partial charge in [0.1, 0.15) is 0 Å². The van der Waals surface area contributed by atoms with E-state index in [4.69, 9.17) is 5.73 Å². The number of likely N-dealkylation sites (tertiary alicyclic amines) is 2. The minimum absolute atomic E-state index is 0.371. The van der Waals surface area contributed by atoms with Crippen molar-refractivity contribution in [1.82, 2.24) is 9.80 Å². The fourth-order valence-electron chi connectivity index (χ4n) is 7.44. The smallest absolute Gasteiger partial charge is 0.195 e. The lowest BCUT2D eigenvalue weighted by atomic mass is 9.83. The molecule has 6 rings (SSSR count). The maximum absolute atomic E-state index is 11.8. The number of nitrogens with zero attached hydrogens (tertiary/aromatic N) is 4. The Balaban J connectivity index is 0.000000155. The summed E-state index contributed by atoms with van der Waals surface area (Å²) in [7, 11) is 0. The molecule has 2 aromatic rings. The lowest BCUT2D eigenvalue weighted by Crippen LogP contribution is -2.40. The zero-order valence-corrected chi connectivity index (χ0v) is 23.2. The molecule has 0 amide bonds. The van der Waals surface area contributed by atoms with Gasteiger partial charge in [-0.25, -0.2) is 0 Å². The molecular weight excluding hydrogens is 474 g/mol. The molecule has 7 heteroatoms. The Labute approximate surface area is 228 Å². The molecule has 208 valence electrons. The third kappa shape index (κ3) is 6.67. The number of pyridine rings is 2. The number of nitrogens with two attached hydrogens (primary N) is 1. The normalized spacial score (nSPS) is 32.6. The van der Waals surface area contributed by atoms with Crippen molar-refractivity contribution >= 4 is 0 Å². The summed E-state index contributed by atoms with van der Waals surface area (Å²) in [6.45, 7) is 7.13. The maximum Gasteiger partial charge on any atom is 0.195 e. The molecule has 2 aromatic heterocycles. The molecule has 38 heavy (non-hydrogen) atoms. The van der Waals surface area contributed by atoms with Gasteiger partial charge in [-0.2, -0.15) is 9.46 Å². The Morgan fingerprint density at radius 2 is 1.13 bits per heavy atom. The average Bonchev–Trinajstić information content (AvgIpc) is 3.58. The molecule has 0 spiro atoms. The summed E-state index contributed by atoms with van der Waals surface area (Å²) >= 11 is 0. The van der Waals surface area contributed by atoms with E-state index in [0.717, 1.165) is 65.2 Å². The van der Waals surface area contributed by atoms with Crippen molar-refractivity contribution < 1.29 is 9.46 Å². The Morgan fingerprint density at radius 3 is 1.53 bits per heavy atom. The first kappa shape index (κ1) is 27.4. The van der Waals surface area contributed by atoms with Crippen LogP contribution in [0.25, 0.3) is 0 Å². The quantitative estimate of drug-likeness (QED) is 0.484. The van der Waals surface area contributed by atoms with Crippen LogP contribution in [-0.4, -0.2) is 54.1 Å². The van der Waals surface area contributed by atoms with E-state index in [-0.39, 0.29) is 0 Å². The topological polar surface area (TPSA) is 86.4 Å². The molecule has 2 saturated heterocycles. The summed E-state index contributed by atoms with van der Waals surface area (Å²) in [6, 6.07) is 13.4. The van der Waals surface area contributed by atoms with Gasteiger partial charge in [-0.05, 0) is 76.7 Å². The van der Waals surface area contributed by atoms with Gasteiger partial charge in [0, 0.05) is 73.9 Å². The highest BCUT2D eigenvalue weighted by molar-refractivity contribution is 5.07. The van der Waals surface area contributed by atoms with Crippen LogP contribution in [0.2, 0.25) is 0 Å². The Hall–Kier alpha value is -2.22. The molecule has 2 atom stereocenters. The molecule has 4 aliphatic rings. The van der Waals surface area contributed by atoms with Gasteiger partial charge in [0.2, 0.25) is 0 Å². The number of rotatable bonds is 4. The predicted octanol–water partition coefficient (Wildman–Crippen LogP) is 4.07. The molecule has 0 aromatic carbocycles. The second-order valence-electron chi connectivity index (χ2n) is 12.3. The molecule has 0 bridgehead atoms. The summed E-state index contributed by atoms with van der Waals surface area (Å²) in [5, 5.41) is 23.6. The highest BCUT2D eigenvalue weighted by atomic mass is 16.5. The van der Waals surface area contributed by atoms with Crippen molar-refractivity contribution in [2.75, 3.05) is 26.2 Å². The number of hydrogen-bond donors (Lipinski definition) is 1. The van der Waals surface area contributed by atoms with Crippen LogP contribution in [0.4, 0.5) is 0 Å². The minimum atomic E-state index is 0.371. The van der Waals surface area contributed by atoms with Gasteiger partial charge >= 0.3 is 0 Å². The highest BCUT2D eigenvalue weighted by Crippen LogP contribution is 2.36. The Morgan fingerprint density at radius 1 is 0.658 bits per heavy atom. The van der Waals surface area contributed by atoms with Crippen molar-refractivity contribution in [2.24, 2.45) is 11.7 Å². The summed E-state index contributed by atoms with van der Waals surface area (Å²) in [6.07, 6.45) is 15.2. The Bertz CT molecular complexity index is 937. The standard InChI is InChI=1S/C16H24N2O.C15H23N3O/c1-13-9-11-17(12-13)15-7-5-14(6-8-15)16-4-2-3-10-18(16)19;16-13-8-10-17(11-13)14-6-4-12(5-7-14)15-3-1-2-9-18(15)19/h2-4,10,13-15H,5-9,11-12H2,1H3;1-3,9,12-14H,4-8,10-11,16H2. The van der Waals surface area contributed by atoms with Gasteiger partial charge in [0.05, 0.1) is 0 Å². The van der Waals surface area contributed by atoms with E-state index in [1.165, 1.54) is 58.0 Å². The molecule has 2 aliphatic carbocycles. The fourth-order valence-corrected chi connectivity index (χ4v) is 7.44. The van der Waals surface area contributed by atoms with E-state index >= 15 is 0 Å². The molecule has 0 radical (unpaired) electrons. The van der Waals surface area contributed by atoms with Crippen LogP contribution in [-0.2, 0) is 0 Å². The first-order chi connectivity index (χ1) is 18.5. The molecule has 2 saturated carbocycles. The summed E-state index contributed by atoms with van der Waals surface area (Å²) in [5.74, 6) is 1.77. The lowest BCUT2D eigenvalue weighted by molar-refractivity contribution is -0.616. The van der Waals surface area contributed by atoms with E-state index in [2.05, 4.69) is 16.7 Å². The second-order valence-corrected chi connectivity index (χ2v) is 12.3. The number of aromatic nitrogens is 2. The summed E-state index contributed by atoms with van der Waals surface area (Å²) < 4.78 is 2.10.